The number of carbonyl (C=O) groups excluding carboxylic acids is 2. The molecular formula is C24H19Cl2N3O2S. The van der Waals surface area contributed by atoms with Crippen LogP contribution in [0.1, 0.15) is 12.0 Å². The van der Waals surface area contributed by atoms with Gasteiger partial charge in [0.05, 0.1) is 12.2 Å². The Kier molecular flexibility index (Phi) is 7.15. The van der Waals surface area contributed by atoms with Crippen LogP contribution in [0.2, 0.25) is 10.0 Å². The lowest BCUT2D eigenvalue weighted by molar-refractivity contribution is -0.128. The SMILES string of the molecule is O=C(C[C@@H]1SC(=Nc2ccccc2)N(Cc2ccc(Cl)cc2)C1=O)Nc1cccc(Cl)c1. The van der Waals surface area contributed by atoms with E-state index in [1.165, 1.54) is 11.8 Å². The minimum Gasteiger partial charge on any atom is -0.326 e. The van der Waals surface area contributed by atoms with Crippen LogP contribution < -0.4 is 5.32 Å². The average Bonchev–Trinajstić information content (AvgIpc) is 3.04. The number of hydrogen-bond acceptors (Lipinski definition) is 4. The summed E-state index contributed by atoms with van der Waals surface area (Å²) in [4.78, 5) is 32.1. The molecule has 3 aromatic rings. The standard InChI is InChI=1S/C24H19Cl2N3O2S/c25-17-11-9-16(10-12-17)15-29-23(31)21(32-24(29)28-19-6-2-1-3-7-19)14-22(30)27-20-8-4-5-18(26)13-20/h1-13,21H,14-15H2,(H,27,30)/t21-/m0/s1. The lowest BCUT2D eigenvalue weighted by Gasteiger charge is -2.16. The summed E-state index contributed by atoms with van der Waals surface area (Å²) < 4.78 is 0. The molecule has 1 heterocycles. The highest BCUT2D eigenvalue weighted by molar-refractivity contribution is 8.15. The first-order valence-corrected chi connectivity index (χ1v) is 11.5. The van der Waals surface area contributed by atoms with Gasteiger partial charge in [0.15, 0.2) is 5.17 Å². The smallest absolute Gasteiger partial charge is 0.242 e. The van der Waals surface area contributed by atoms with Gasteiger partial charge in [-0.1, -0.05) is 71.4 Å². The van der Waals surface area contributed by atoms with E-state index in [1.807, 2.05) is 42.5 Å². The van der Waals surface area contributed by atoms with E-state index >= 15 is 0 Å². The zero-order valence-electron chi connectivity index (χ0n) is 16.9. The summed E-state index contributed by atoms with van der Waals surface area (Å²) in [5, 5.41) is 3.96. The average molecular weight is 484 g/mol. The molecule has 1 fully saturated rings. The normalized spacial score (nSPS) is 17.1. The number of aliphatic imine (C=N–C) groups is 1. The van der Waals surface area contributed by atoms with Crippen LogP contribution in [0.4, 0.5) is 11.4 Å². The van der Waals surface area contributed by atoms with Crippen molar-refractivity contribution in [3.05, 3.63) is 94.5 Å². The zero-order chi connectivity index (χ0) is 22.5. The molecule has 0 spiro atoms. The summed E-state index contributed by atoms with van der Waals surface area (Å²) in [5.41, 5.74) is 2.26. The molecule has 0 radical (unpaired) electrons. The Labute approximate surface area is 200 Å². The van der Waals surface area contributed by atoms with Crippen molar-refractivity contribution in [2.75, 3.05) is 5.32 Å². The molecule has 162 valence electrons. The molecule has 1 aliphatic heterocycles. The van der Waals surface area contributed by atoms with Gasteiger partial charge in [-0.15, -0.1) is 0 Å². The Morgan fingerprint density at radius 1 is 0.969 bits per heavy atom. The molecule has 0 aromatic heterocycles. The quantitative estimate of drug-likeness (QED) is 0.456. The van der Waals surface area contributed by atoms with Gasteiger partial charge in [-0.25, -0.2) is 4.99 Å². The van der Waals surface area contributed by atoms with E-state index in [0.29, 0.717) is 27.4 Å². The monoisotopic (exact) mass is 483 g/mol. The molecule has 1 saturated heterocycles. The van der Waals surface area contributed by atoms with Crippen LogP contribution in [0, 0.1) is 0 Å². The molecule has 0 unspecified atom stereocenters. The molecule has 2 amide bonds. The Hall–Kier alpha value is -2.80. The van der Waals surface area contributed by atoms with Crippen LogP contribution in [-0.4, -0.2) is 27.1 Å². The number of benzene rings is 3. The minimum atomic E-state index is -0.566. The lowest BCUT2D eigenvalue weighted by Crippen LogP contribution is -2.33. The fourth-order valence-corrected chi connectivity index (χ4v) is 4.68. The van der Waals surface area contributed by atoms with E-state index in [0.717, 1.165) is 11.3 Å². The first-order chi connectivity index (χ1) is 15.5. The van der Waals surface area contributed by atoms with Crippen molar-refractivity contribution in [2.24, 2.45) is 4.99 Å². The second kappa shape index (κ2) is 10.2. The summed E-state index contributed by atoms with van der Waals surface area (Å²) >= 11 is 13.3. The summed E-state index contributed by atoms with van der Waals surface area (Å²) in [7, 11) is 0. The number of hydrogen-bond donors (Lipinski definition) is 1. The third kappa shape index (κ3) is 5.71. The van der Waals surface area contributed by atoms with Crippen molar-refractivity contribution in [1.29, 1.82) is 0 Å². The number of nitrogens with zero attached hydrogens (tertiary/aromatic N) is 2. The predicted molar refractivity (Wildman–Crippen MR) is 132 cm³/mol. The molecule has 0 bridgehead atoms. The molecule has 0 saturated carbocycles. The number of anilines is 1. The van der Waals surface area contributed by atoms with Crippen molar-refractivity contribution in [3.63, 3.8) is 0 Å². The summed E-state index contributed by atoms with van der Waals surface area (Å²) in [6.07, 6.45) is 0.0287. The van der Waals surface area contributed by atoms with Crippen molar-refractivity contribution in [3.8, 4) is 0 Å². The Balaban J connectivity index is 1.53. The number of amides is 2. The number of nitrogens with one attached hydrogen (secondary N) is 1. The van der Waals surface area contributed by atoms with Gasteiger partial charge in [-0.2, -0.15) is 0 Å². The molecule has 8 heteroatoms. The second-order valence-electron chi connectivity index (χ2n) is 7.15. The molecular weight excluding hydrogens is 465 g/mol. The van der Waals surface area contributed by atoms with Gasteiger partial charge in [0, 0.05) is 22.2 Å². The number of carbonyl (C=O) groups is 2. The number of amidine groups is 1. The second-order valence-corrected chi connectivity index (χ2v) is 9.19. The van der Waals surface area contributed by atoms with E-state index < -0.39 is 5.25 Å². The van der Waals surface area contributed by atoms with Crippen LogP contribution in [0.5, 0.6) is 0 Å². The highest BCUT2D eigenvalue weighted by atomic mass is 35.5. The first kappa shape index (κ1) is 22.4. The number of rotatable bonds is 6. The van der Waals surface area contributed by atoms with Gasteiger partial charge >= 0.3 is 0 Å². The maximum atomic E-state index is 13.2. The number of para-hydroxylation sites is 1. The Morgan fingerprint density at radius 3 is 2.44 bits per heavy atom. The molecule has 0 aliphatic carbocycles. The molecule has 3 aromatic carbocycles. The maximum Gasteiger partial charge on any atom is 0.242 e. The molecule has 5 nitrogen and oxygen atoms in total. The zero-order valence-corrected chi connectivity index (χ0v) is 19.2. The van der Waals surface area contributed by atoms with Crippen LogP contribution in [0.3, 0.4) is 0 Å². The minimum absolute atomic E-state index is 0.0287. The predicted octanol–water partition coefficient (Wildman–Crippen LogP) is 6.15. The largest absolute Gasteiger partial charge is 0.326 e. The van der Waals surface area contributed by atoms with Gasteiger partial charge in [0.25, 0.3) is 0 Å². The van der Waals surface area contributed by atoms with E-state index in [4.69, 9.17) is 23.2 Å². The summed E-state index contributed by atoms with van der Waals surface area (Å²) in [5.74, 6) is -0.411. The molecule has 1 atom stereocenters. The first-order valence-electron chi connectivity index (χ1n) is 9.89. The van der Waals surface area contributed by atoms with Crippen LogP contribution in [-0.2, 0) is 16.1 Å². The van der Waals surface area contributed by atoms with E-state index in [1.54, 1.807) is 41.3 Å². The fraction of sp³-hybridized carbons (Fsp3) is 0.125. The van der Waals surface area contributed by atoms with Gasteiger partial charge in [0.1, 0.15) is 5.25 Å². The van der Waals surface area contributed by atoms with Crippen LogP contribution >= 0.6 is 35.0 Å². The molecule has 4 rings (SSSR count). The van der Waals surface area contributed by atoms with Gasteiger partial charge in [-0.05, 0) is 48.0 Å². The number of halogens is 2. The van der Waals surface area contributed by atoms with E-state index in [2.05, 4.69) is 10.3 Å². The van der Waals surface area contributed by atoms with Gasteiger partial charge in [-0.3, -0.25) is 14.5 Å². The van der Waals surface area contributed by atoms with Gasteiger partial charge < -0.3 is 5.32 Å². The highest BCUT2D eigenvalue weighted by Gasteiger charge is 2.39. The van der Waals surface area contributed by atoms with Crippen molar-refractivity contribution >= 4 is 63.3 Å². The van der Waals surface area contributed by atoms with Crippen molar-refractivity contribution in [1.82, 2.24) is 4.90 Å². The molecule has 1 N–H and O–H groups in total. The fourth-order valence-electron chi connectivity index (χ4n) is 3.20. The van der Waals surface area contributed by atoms with Gasteiger partial charge in [0.2, 0.25) is 11.8 Å². The molecule has 1 aliphatic rings. The Bertz CT molecular complexity index is 1150. The topological polar surface area (TPSA) is 61.8 Å². The van der Waals surface area contributed by atoms with Crippen molar-refractivity contribution < 1.29 is 9.59 Å². The van der Waals surface area contributed by atoms with E-state index in [9.17, 15) is 9.59 Å². The maximum absolute atomic E-state index is 13.2. The van der Waals surface area contributed by atoms with Crippen LogP contribution in [0.25, 0.3) is 0 Å². The number of thioether (sulfide) groups is 1. The highest BCUT2D eigenvalue weighted by Crippen LogP contribution is 2.33. The Morgan fingerprint density at radius 2 is 1.72 bits per heavy atom. The van der Waals surface area contributed by atoms with E-state index in [-0.39, 0.29) is 18.2 Å². The van der Waals surface area contributed by atoms with Crippen molar-refractivity contribution in [2.45, 2.75) is 18.2 Å². The summed E-state index contributed by atoms with van der Waals surface area (Å²) in [6.45, 7) is 0.348. The third-order valence-electron chi connectivity index (χ3n) is 4.73. The van der Waals surface area contributed by atoms with Crippen LogP contribution in [0.15, 0.2) is 83.9 Å². The third-order valence-corrected chi connectivity index (χ3v) is 6.40. The molecule has 32 heavy (non-hydrogen) atoms. The summed E-state index contributed by atoms with van der Waals surface area (Å²) in [6, 6.07) is 23.7. The lowest BCUT2D eigenvalue weighted by atomic mass is 10.2.